The fraction of sp³-hybridized carbons (Fsp3) is 0.348. The highest BCUT2D eigenvalue weighted by Gasteiger charge is 2.31. The first-order chi connectivity index (χ1) is 16.3. The molecule has 2 aromatic heterocycles. The molecule has 1 N–H and O–H groups in total. The molecule has 3 aromatic rings. The van der Waals surface area contributed by atoms with Gasteiger partial charge in [-0.3, -0.25) is 9.69 Å². The van der Waals surface area contributed by atoms with Crippen molar-refractivity contribution in [1.29, 1.82) is 0 Å². The summed E-state index contributed by atoms with van der Waals surface area (Å²) in [4.78, 5) is 18.8. The predicted octanol–water partition coefficient (Wildman–Crippen LogP) is 4.56. The van der Waals surface area contributed by atoms with Gasteiger partial charge in [0.1, 0.15) is 10.8 Å². The molecule has 0 saturated carbocycles. The summed E-state index contributed by atoms with van der Waals surface area (Å²) in [6.45, 7) is 2.38. The highest BCUT2D eigenvalue weighted by molar-refractivity contribution is 6.32. The van der Waals surface area contributed by atoms with Gasteiger partial charge in [-0.15, -0.1) is 0 Å². The zero-order valence-electron chi connectivity index (χ0n) is 18.3. The second-order valence-electron chi connectivity index (χ2n) is 7.91. The predicted molar refractivity (Wildman–Crippen MR) is 123 cm³/mol. The monoisotopic (exact) mass is 493 g/mol. The smallest absolute Gasteiger partial charge is 0.417 e. The van der Waals surface area contributed by atoms with Gasteiger partial charge in [0.05, 0.1) is 30.6 Å². The van der Waals surface area contributed by atoms with E-state index in [2.05, 4.69) is 20.3 Å². The molecule has 34 heavy (non-hydrogen) atoms. The molecule has 1 saturated heterocycles. The van der Waals surface area contributed by atoms with E-state index in [4.69, 9.17) is 16.3 Å². The molecule has 7 nitrogen and oxygen atoms in total. The summed E-state index contributed by atoms with van der Waals surface area (Å²) in [7, 11) is 1.62. The Bertz CT molecular complexity index is 1190. The summed E-state index contributed by atoms with van der Waals surface area (Å²) in [5.74, 6) is 0.700. The molecule has 0 amide bonds. The van der Waals surface area contributed by atoms with Crippen LogP contribution in [0.4, 0.5) is 18.9 Å². The van der Waals surface area contributed by atoms with Crippen LogP contribution in [0.15, 0.2) is 53.6 Å². The molecule has 1 aliphatic rings. The van der Waals surface area contributed by atoms with Gasteiger partial charge in [-0.1, -0.05) is 23.7 Å². The molecule has 0 radical (unpaired) electrons. The second kappa shape index (κ2) is 10.0. The molecular formula is C23H23ClF3N5O2. The van der Waals surface area contributed by atoms with E-state index in [1.807, 2.05) is 24.3 Å². The maximum Gasteiger partial charge on any atom is 0.417 e. The number of methoxy groups -OCH3 is 1. The number of alkyl halides is 3. The van der Waals surface area contributed by atoms with Gasteiger partial charge in [-0.25, -0.2) is 4.98 Å². The van der Waals surface area contributed by atoms with Gasteiger partial charge >= 0.3 is 6.18 Å². The highest BCUT2D eigenvalue weighted by Crippen LogP contribution is 2.30. The number of anilines is 1. The van der Waals surface area contributed by atoms with Crippen molar-refractivity contribution in [2.45, 2.75) is 25.1 Å². The van der Waals surface area contributed by atoms with Crippen molar-refractivity contribution in [2.24, 2.45) is 0 Å². The first-order valence-electron chi connectivity index (χ1n) is 10.7. The molecule has 1 fully saturated rings. The molecule has 1 aliphatic heterocycles. The summed E-state index contributed by atoms with van der Waals surface area (Å²) in [6, 6.07) is 9.77. The van der Waals surface area contributed by atoms with Crippen LogP contribution in [0.25, 0.3) is 5.82 Å². The molecular weight excluding hydrogens is 471 g/mol. The van der Waals surface area contributed by atoms with Crippen LogP contribution in [-0.4, -0.2) is 46.4 Å². The number of halogens is 4. The van der Waals surface area contributed by atoms with Gasteiger partial charge in [0, 0.05) is 12.7 Å². The van der Waals surface area contributed by atoms with Gasteiger partial charge < -0.3 is 10.1 Å². The Kier molecular flexibility index (Phi) is 7.08. The molecule has 0 spiro atoms. The summed E-state index contributed by atoms with van der Waals surface area (Å²) >= 11 is 6.31. The normalized spacial score (nSPS) is 15.3. The van der Waals surface area contributed by atoms with Crippen LogP contribution in [0.3, 0.4) is 0 Å². The van der Waals surface area contributed by atoms with Crippen LogP contribution in [0.2, 0.25) is 5.02 Å². The number of benzene rings is 1. The molecule has 1 aromatic carbocycles. The molecule has 4 rings (SSSR count). The third kappa shape index (κ3) is 5.18. The maximum atomic E-state index is 12.8. The second-order valence-corrected chi connectivity index (χ2v) is 8.29. The molecule has 180 valence electrons. The minimum atomic E-state index is -4.52. The lowest BCUT2D eigenvalue weighted by atomic mass is 10.0. The average molecular weight is 494 g/mol. The number of rotatable bonds is 7. The number of ether oxygens (including phenoxy) is 1. The van der Waals surface area contributed by atoms with E-state index in [0.717, 1.165) is 54.1 Å². The number of aromatic nitrogens is 3. The Labute approximate surface area is 199 Å². The van der Waals surface area contributed by atoms with Crippen LogP contribution in [0, 0.1) is 0 Å². The van der Waals surface area contributed by atoms with Gasteiger partial charge in [-0.2, -0.15) is 23.0 Å². The summed E-state index contributed by atoms with van der Waals surface area (Å²) in [6.07, 6.45) is -0.282. The van der Waals surface area contributed by atoms with Gasteiger partial charge in [-0.05, 0) is 55.8 Å². The van der Waals surface area contributed by atoms with E-state index in [1.165, 1.54) is 6.20 Å². The fourth-order valence-corrected chi connectivity index (χ4v) is 4.16. The van der Waals surface area contributed by atoms with Crippen LogP contribution in [0.1, 0.15) is 30.0 Å². The summed E-state index contributed by atoms with van der Waals surface area (Å²) in [5.41, 5.74) is -0.195. The molecule has 3 heterocycles. The van der Waals surface area contributed by atoms with E-state index < -0.39 is 17.3 Å². The van der Waals surface area contributed by atoms with Crippen LogP contribution >= 0.6 is 11.6 Å². The largest absolute Gasteiger partial charge is 0.497 e. The Morgan fingerprint density at radius 1 is 1.18 bits per heavy atom. The lowest BCUT2D eigenvalue weighted by Gasteiger charge is -2.29. The number of nitrogens with zero attached hydrogens (tertiary/aromatic N) is 4. The highest BCUT2D eigenvalue weighted by atomic mass is 35.5. The van der Waals surface area contributed by atoms with E-state index >= 15 is 0 Å². The van der Waals surface area contributed by atoms with E-state index in [-0.39, 0.29) is 16.9 Å². The zero-order chi connectivity index (χ0) is 24.3. The van der Waals surface area contributed by atoms with Crippen LogP contribution in [-0.2, 0) is 6.18 Å². The molecule has 0 bridgehead atoms. The van der Waals surface area contributed by atoms with Crippen molar-refractivity contribution < 1.29 is 17.9 Å². The number of hydrogen-bond acceptors (Lipinski definition) is 6. The minimum absolute atomic E-state index is 0.0210. The van der Waals surface area contributed by atoms with E-state index in [9.17, 15) is 18.0 Å². The Morgan fingerprint density at radius 3 is 2.59 bits per heavy atom. The van der Waals surface area contributed by atoms with Crippen LogP contribution < -0.4 is 15.6 Å². The SMILES string of the molecule is COc1cccc(C(CNc2cnn(-c3ccc(C(F)(F)F)cn3)c(=O)c2Cl)N2CCCC2)c1. The Hall–Kier alpha value is -3.11. The van der Waals surface area contributed by atoms with Crippen molar-refractivity contribution in [3.8, 4) is 11.6 Å². The Balaban J connectivity index is 1.56. The van der Waals surface area contributed by atoms with Crippen molar-refractivity contribution in [2.75, 3.05) is 32.1 Å². The third-order valence-electron chi connectivity index (χ3n) is 5.76. The summed E-state index contributed by atoms with van der Waals surface area (Å²) < 4.78 is 44.6. The lowest BCUT2D eigenvalue weighted by Crippen LogP contribution is -2.31. The Morgan fingerprint density at radius 2 is 1.94 bits per heavy atom. The quantitative estimate of drug-likeness (QED) is 0.520. The third-order valence-corrected chi connectivity index (χ3v) is 6.12. The van der Waals surface area contributed by atoms with Gasteiger partial charge in [0.15, 0.2) is 5.82 Å². The first kappa shape index (κ1) is 24.0. The molecule has 1 unspecified atom stereocenters. The topological polar surface area (TPSA) is 72.3 Å². The zero-order valence-corrected chi connectivity index (χ0v) is 19.1. The van der Waals surface area contributed by atoms with E-state index in [0.29, 0.717) is 18.4 Å². The van der Waals surface area contributed by atoms with Gasteiger partial charge in [0.2, 0.25) is 0 Å². The standard InChI is InChI=1S/C23H23ClF3N5O2/c1-34-17-6-4-5-15(11-17)19(31-9-2-3-10-31)14-28-18-13-30-32(22(33)21(18)24)20-8-7-16(12-29-20)23(25,26)27/h4-8,11-13,19,28H,2-3,9-10,14H2,1H3. The van der Waals surface area contributed by atoms with Crippen molar-refractivity contribution in [1.82, 2.24) is 19.7 Å². The van der Waals surface area contributed by atoms with Crippen molar-refractivity contribution >= 4 is 17.3 Å². The lowest BCUT2D eigenvalue weighted by molar-refractivity contribution is -0.137. The van der Waals surface area contributed by atoms with E-state index in [1.54, 1.807) is 7.11 Å². The van der Waals surface area contributed by atoms with Gasteiger partial charge in [0.25, 0.3) is 5.56 Å². The maximum absolute atomic E-state index is 12.8. The first-order valence-corrected chi connectivity index (χ1v) is 11.1. The van der Waals surface area contributed by atoms with Crippen LogP contribution in [0.5, 0.6) is 5.75 Å². The van der Waals surface area contributed by atoms with Crippen molar-refractivity contribution in [3.05, 3.63) is 75.3 Å². The number of pyridine rings is 1. The summed E-state index contributed by atoms with van der Waals surface area (Å²) in [5, 5.41) is 7.15. The number of hydrogen-bond donors (Lipinski definition) is 1. The minimum Gasteiger partial charge on any atom is -0.497 e. The fourth-order valence-electron chi connectivity index (χ4n) is 3.96. The molecule has 0 aliphatic carbocycles. The molecule has 11 heteroatoms. The average Bonchev–Trinajstić information content (AvgIpc) is 3.36. The number of nitrogens with one attached hydrogen (secondary N) is 1. The molecule has 1 atom stereocenters. The number of likely N-dealkylation sites (tertiary alicyclic amines) is 1. The van der Waals surface area contributed by atoms with Crippen molar-refractivity contribution in [3.63, 3.8) is 0 Å².